The van der Waals surface area contributed by atoms with E-state index in [4.69, 9.17) is 9.47 Å². The number of nitrogens with one attached hydrogen (secondary N) is 2. The molecule has 1 saturated heterocycles. The summed E-state index contributed by atoms with van der Waals surface area (Å²) >= 11 is 0. The van der Waals surface area contributed by atoms with Gasteiger partial charge in [0, 0.05) is 30.3 Å². The van der Waals surface area contributed by atoms with Crippen molar-refractivity contribution in [2.75, 3.05) is 32.6 Å². The van der Waals surface area contributed by atoms with Crippen LogP contribution in [0.1, 0.15) is 25.7 Å². The van der Waals surface area contributed by atoms with E-state index in [1.165, 1.54) is 12.8 Å². The molecule has 2 rings (SSSR count). The zero-order valence-corrected chi connectivity index (χ0v) is 14.0. The highest BCUT2D eigenvalue weighted by Gasteiger charge is 2.14. The maximum absolute atomic E-state index is 12.0. The average molecular weight is 329 g/mol. The van der Waals surface area contributed by atoms with Crippen molar-refractivity contribution in [3.05, 3.63) is 18.2 Å². The number of anilines is 1. The Bertz CT molecular complexity index is 454. The number of carbonyl (C=O) groups excluding carboxylic acids is 1. The second-order valence-corrected chi connectivity index (χ2v) is 5.38. The normalized spacial score (nSPS) is 14.8. The number of benzene rings is 1. The van der Waals surface area contributed by atoms with Gasteiger partial charge in [-0.2, -0.15) is 0 Å². The minimum atomic E-state index is 0. The molecule has 1 aliphatic heterocycles. The van der Waals surface area contributed by atoms with Crippen LogP contribution in [0, 0.1) is 5.92 Å². The molecule has 1 heterocycles. The first-order valence-electron chi connectivity index (χ1n) is 7.45. The lowest BCUT2D eigenvalue weighted by Gasteiger charge is -2.22. The van der Waals surface area contributed by atoms with Gasteiger partial charge in [-0.25, -0.2) is 0 Å². The highest BCUT2D eigenvalue weighted by Crippen LogP contribution is 2.26. The van der Waals surface area contributed by atoms with Crippen LogP contribution >= 0.6 is 12.4 Å². The molecule has 1 aromatic carbocycles. The monoisotopic (exact) mass is 328 g/mol. The lowest BCUT2D eigenvalue weighted by molar-refractivity contribution is -0.116. The number of carbonyl (C=O) groups is 1. The van der Waals surface area contributed by atoms with Crippen molar-refractivity contribution < 1.29 is 14.3 Å². The number of amides is 1. The van der Waals surface area contributed by atoms with Crippen LogP contribution < -0.4 is 20.1 Å². The van der Waals surface area contributed by atoms with Gasteiger partial charge in [0.05, 0.1) is 14.2 Å². The van der Waals surface area contributed by atoms with E-state index in [0.717, 1.165) is 19.5 Å². The van der Waals surface area contributed by atoms with Crippen LogP contribution in [0.4, 0.5) is 5.69 Å². The molecule has 1 fully saturated rings. The number of halogens is 1. The molecule has 0 unspecified atom stereocenters. The molecular weight excluding hydrogens is 304 g/mol. The van der Waals surface area contributed by atoms with Crippen molar-refractivity contribution in [3.63, 3.8) is 0 Å². The Kier molecular flexibility index (Phi) is 8.06. The summed E-state index contributed by atoms with van der Waals surface area (Å²) < 4.78 is 10.4. The third kappa shape index (κ3) is 5.73. The minimum Gasteiger partial charge on any atom is -0.497 e. The zero-order chi connectivity index (χ0) is 15.1. The Labute approximate surface area is 138 Å². The smallest absolute Gasteiger partial charge is 0.224 e. The molecule has 0 atom stereocenters. The van der Waals surface area contributed by atoms with E-state index in [1.54, 1.807) is 32.4 Å². The van der Waals surface area contributed by atoms with Crippen molar-refractivity contribution in [1.82, 2.24) is 5.32 Å². The van der Waals surface area contributed by atoms with Crippen molar-refractivity contribution >= 4 is 24.0 Å². The highest BCUT2D eigenvalue weighted by molar-refractivity contribution is 5.91. The predicted molar refractivity (Wildman–Crippen MR) is 90.3 cm³/mol. The van der Waals surface area contributed by atoms with E-state index in [1.807, 2.05) is 0 Å². The third-order valence-corrected chi connectivity index (χ3v) is 3.87. The molecule has 0 spiro atoms. The first kappa shape index (κ1) is 18.6. The maximum Gasteiger partial charge on any atom is 0.224 e. The predicted octanol–water partition coefficient (Wildman–Crippen LogP) is 2.84. The largest absolute Gasteiger partial charge is 0.497 e. The van der Waals surface area contributed by atoms with Crippen molar-refractivity contribution in [2.24, 2.45) is 5.92 Å². The van der Waals surface area contributed by atoms with Crippen LogP contribution in [0.2, 0.25) is 0 Å². The molecule has 0 aliphatic carbocycles. The van der Waals surface area contributed by atoms with E-state index in [0.29, 0.717) is 29.5 Å². The second-order valence-electron chi connectivity index (χ2n) is 5.38. The maximum atomic E-state index is 12.0. The number of hydrogen-bond acceptors (Lipinski definition) is 4. The fourth-order valence-corrected chi connectivity index (χ4v) is 2.61. The summed E-state index contributed by atoms with van der Waals surface area (Å²) in [5.41, 5.74) is 0.710. The Morgan fingerprint density at radius 2 is 1.77 bits per heavy atom. The summed E-state index contributed by atoms with van der Waals surface area (Å²) in [7, 11) is 3.19. The van der Waals surface area contributed by atoms with Gasteiger partial charge in [-0.15, -0.1) is 12.4 Å². The van der Waals surface area contributed by atoms with E-state index < -0.39 is 0 Å². The molecule has 6 heteroatoms. The van der Waals surface area contributed by atoms with Crippen LogP contribution in [0.25, 0.3) is 0 Å². The lowest BCUT2D eigenvalue weighted by atomic mass is 9.93. The topological polar surface area (TPSA) is 59.6 Å². The first-order valence-corrected chi connectivity index (χ1v) is 7.45. The highest BCUT2D eigenvalue weighted by atomic mass is 35.5. The van der Waals surface area contributed by atoms with Crippen molar-refractivity contribution in [3.8, 4) is 11.5 Å². The summed E-state index contributed by atoms with van der Waals surface area (Å²) in [4.78, 5) is 12.0. The number of piperidine rings is 1. The molecule has 124 valence electrons. The number of methoxy groups -OCH3 is 2. The number of hydrogen-bond donors (Lipinski definition) is 2. The standard InChI is InChI=1S/C16H24N2O3.ClH/c1-20-14-9-13(10-15(11-14)21-2)18-16(19)4-3-12-5-7-17-8-6-12;/h9-12,17H,3-8H2,1-2H3,(H,18,19);1H. The molecule has 0 saturated carbocycles. The zero-order valence-electron chi connectivity index (χ0n) is 13.2. The van der Waals surface area contributed by atoms with Gasteiger partial charge in [0.2, 0.25) is 5.91 Å². The number of rotatable bonds is 6. The number of ether oxygens (including phenoxy) is 2. The molecule has 0 radical (unpaired) electrons. The van der Waals surface area contributed by atoms with Gasteiger partial charge in [0.1, 0.15) is 11.5 Å². The summed E-state index contributed by atoms with van der Waals surface area (Å²) in [6.07, 6.45) is 3.85. The molecule has 0 bridgehead atoms. The Balaban J connectivity index is 0.00000242. The Hall–Kier alpha value is -1.46. The van der Waals surface area contributed by atoms with Gasteiger partial charge in [0.15, 0.2) is 0 Å². The van der Waals surface area contributed by atoms with Gasteiger partial charge >= 0.3 is 0 Å². The molecule has 2 N–H and O–H groups in total. The van der Waals surface area contributed by atoms with Crippen LogP contribution in [0.15, 0.2) is 18.2 Å². The van der Waals surface area contributed by atoms with E-state index in [9.17, 15) is 4.79 Å². The summed E-state index contributed by atoms with van der Waals surface area (Å²) in [6.45, 7) is 2.14. The van der Waals surface area contributed by atoms with Gasteiger partial charge in [-0.05, 0) is 38.3 Å². The fraction of sp³-hybridized carbons (Fsp3) is 0.562. The van der Waals surface area contributed by atoms with Crippen LogP contribution in [-0.4, -0.2) is 33.2 Å². The summed E-state index contributed by atoms with van der Waals surface area (Å²) in [5, 5.41) is 6.26. The fourth-order valence-electron chi connectivity index (χ4n) is 2.61. The van der Waals surface area contributed by atoms with E-state index in [-0.39, 0.29) is 18.3 Å². The van der Waals surface area contributed by atoms with Gasteiger partial charge < -0.3 is 20.1 Å². The van der Waals surface area contributed by atoms with E-state index in [2.05, 4.69) is 10.6 Å². The molecule has 1 aliphatic rings. The second kappa shape index (κ2) is 9.54. The molecule has 0 aromatic heterocycles. The van der Waals surface area contributed by atoms with Crippen molar-refractivity contribution in [1.29, 1.82) is 0 Å². The van der Waals surface area contributed by atoms with E-state index >= 15 is 0 Å². The van der Waals surface area contributed by atoms with Crippen molar-refractivity contribution in [2.45, 2.75) is 25.7 Å². The van der Waals surface area contributed by atoms with Crippen LogP contribution in [0.3, 0.4) is 0 Å². The molecular formula is C16H25ClN2O3. The minimum absolute atomic E-state index is 0. The summed E-state index contributed by atoms with van der Waals surface area (Å²) in [5.74, 6) is 2.05. The van der Waals surface area contributed by atoms with Gasteiger partial charge in [0.25, 0.3) is 0 Å². The van der Waals surface area contributed by atoms with Crippen LogP contribution in [0.5, 0.6) is 11.5 Å². The lowest BCUT2D eigenvalue weighted by Crippen LogP contribution is -2.28. The van der Waals surface area contributed by atoms with Gasteiger partial charge in [-0.1, -0.05) is 0 Å². The van der Waals surface area contributed by atoms with Crippen LogP contribution in [-0.2, 0) is 4.79 Å². The molecule has 5 nitrogen and oxygen atoms in total. The third-order valence-electron chi connectivity index (χ3n) is 3.87. The molecule has 1 amide bonds. The summed E-state index contributed by atoms with van der Waals surface area (Å²) in [6, 6.07) is 5.38. The van der Waals surface area contributed by atoms with Gasteiger partial charge in [-0.3, -0.25) is 4.79 Å². The Morgan fingerprint density at radius 3 is 2.32 bits per heavy atom. The average Bonchev–Trinajstić information content (AvgIpc) is 2.53. The quantitative estimate of drug-likeness (QED) is 0.843. The molecule has 22 heavy (non-hydrogen) atoms. The molecule has 1 aromatic rings. The first-order chi connectivity index (χ1) is 10.2. The SMILES string of the molecule is COc1cc(NC(=O)CCC2CCNCC2)cc(OC)c1.Cl. The Morgan fingerprint density at radius 1 is 1.18 bits per heavy atom.